The van der Waals surface area contributed by atoms with Crippen LogP contribution in [0.2, 0.25) is 0 Å². The first kappa shape index (κ1) is 18.6. The van der Waals surface area contributed by atoms with Crippen LogP contribution >= 0.6 is 0 Å². The lowest BCUT2D eigenvalue weighted by Gasteiger charge is -2.24. The predicted octanol–water partition coefficient (Wildman–Crippen LogP) is 2.08. The third-order valence-electron chi connectivity index (χ3n) is 4.78. The molecule has 0 saturated carbocycles. The molecule has 0 N–H and O–H groups in total. The summed E-state index contributed by atoms with van der Waals surface area (Å²) in [4.78, 5) is 28.6. The fourth-order valence-corrected chi connectivity index (χ4v) is 3.41. The second-order valence-corrected chi connectivity index (χ2v) is 6.55. The molecule has 142 valence electrons. The summed E-state index contributed by atoms with van der Waals surface area (Å²) in [7, 11) is 0. The van der Waals surface area contributed by atoms with E-state index >= 15 is 0 Å². The van der Waals surface area contributed by atoms with Gasteiger partial charge in [0.15, 0.2) is 11.6 Å². The van der Waals surface area contributed by atoms with Crippen LogP contribution in [-0.4, -0.2) is 67.1 Å². The molecule has 26 heavy (non-hydrogen) atoms. The minimum atomic E-state index is -0.539. The molecule has 2 amide bonds. The Labute approximate surface area is 152 Å². The lowest BCUT2D eigenvalue weighted by Crippen LogP contribution is -2.41. The van der Waals surface area contributed by atoms with Gasteiger partial charge in [0.25, 0.3) is 11.8 Å². The van der Waals surface area contributed by atoms with Gasteiger partial charge in [0.2, 0.25) is 0 Å². The summed E-state index contributed by atoms with van der Waals surface area (Å²) in [5, 5.41) is 0. The van der Waals surface area contributed by atoms with Crippen LogP contribution in [0.1, 0.15) is 36.5 Å². The molecule has 1 aromatic carbocycles. The van der Waals surface area contributed by atoms with Crippen LogP contribution in [0.5, 0.6) is 5.75 Å². The van der Waals surface area contributed by atoms with Gasteiger partial charge >= 0.3 is 0 Å². The largest absolute Gasteiger partial charge is 0.491 e. The summed E-state index contributed by atoms with van der Waals surface area (Å²) in [6.45, 7) is 4.85. The van der Waals surface area contributed by atoms with E-state index in [-0.39, 0.29) is 23.7 Å². The molecular weight excluding hydrogens is 339 g/mol. The maximum absolute atomic E-state index is 14.0. The zero-order valence-electron chi connectivity index (χ0n) is 15.1. The number of hydrogen-bond donors (Lipinski definition) is 0. The highest BCUT2D eigenvalue weighted by Gasteiger charge is 2.30. The van der Waals surface area contributed by atoms with Crippen LogP contribution in [0, 0.1) is 5.82 Å². The number of carbonyl (C=O) groups excluding carboxylic acids is 2. The highest BCUT2D eigenvalue weighted by Crippen LogP contribution is 2.20. The lowest BCUT2D eigenvalue weighted by atomic mass is 10.1. The van der Waals surface area contributed by atoms with Gasteiger partial charge in [0, 0.05) is 38.3 Å². The van der Waals surface area contributed by atoms with Crippen LogP contribution in [0.15, 0.2) is 18.2 Å². The van der Waals surface area contributed by atoms with E-state index in [0.29, 0.717) is 51.4 Å². The van der Waals surface area contributed by atoms with Crippen molar-refractivity contribution in [3.63, 3.8) is 0 Å². The van der Waals surface area contributed by atoms with Gasteiger partial charge in [-0.1, -0.05) is 0 Å². The van der Waals surface area contributed by atoms with Crippen LogP contribution < -0.4 is 4.74 Å². The number of nitrogens with zero attached hydrogens (tertiary/aromatic N) is 2. The molecule has 1 atom stereocenters. The van der Waals surface area contributed by atoms with Crippen molar-refractivity contribution in [3.8, 4) is 5.75 Å². The number of rotatable bonds is 4. The molecule has 0 spiro atoms. The second kappa shape index (κ2) is 8.49. The molecular formula is C19H25FN2O4. The third kappa shape index (κ3) is 4.15. The third-order valence-corrected chi connectivity index (χ3v) is 4.78. The van der Waals surface area contributed by atoms with Crippen molar-refractivity contribution in [2.45, 2.75) is 32.3 Å². The maximum Gasteiger partial charge on any atom is 0.254 e. The van der Waals surface area contributed by atoms with E-state index in [4.69, 9.17) is 9.47 Å². The molecule has 2 heterocycles. The summed E-state index contributed by atoms with van der Waals surface area (Å²) in [6, 6.07) is 4.28. The first-order valence-electron chi connectivity index (χ1n) is 9.22. The SMILES string of the molecule is CCOc1ccc(C(=O)N2CCCN(C(=O)C3CCCO3)CC2)cc1F. The van der Waals surface area contributed by atoms with E-state index in [1.54, 1.807) is 22.8 Å². The van der Waals surface area contributed by atoms with Crippen LogP contribution in [0.25, 0.3) is 0 Å². The summed E-state index contributed by atoms with van der Waals surface area (Å²) >= 11 is 0. The summed E-state index contributed by atoms with van der Waals surface area (Å²) in [6.07, 6.45) is 2.04. The normalized spacial score (nSPS) is 20.8. The fourth-order valence-electron chi connectivity index (χ4n) is 3.41. The number of ether oxygens (including phenoxy) is 2. The van der Waals surface area contributed by atoms with E-state index in [0.717, 1.165) is 12.8 Å². The quantitative estimate of drug-likeness (QED) is 0.821. The Hall–Kier alpha value is -2.15. The topological polar surface area (TPSA) is 59.1 Å². The van der Waals surface area contributed by atoms with Crippen molar-refractivity contribution in [1.29, 1.82) is 0 Å². The Bertz CT molecular complexity index is 661. The Kier molecular flexibility index (Phi) is 6.08. The van der Waals surface area contributed by atoms with Crippen LogP contribution in [0.4, 0.5) is 4.39 Å². The van der Waals surface area contributed by atoms with Crippen molar-refractivity contribution >= 4 is 11.8 Å². The first-order chi connectivity index (χ1) is 12.6. The minimum Gasteiger partial charge on any atom is -0.491 e. The van der Waals surface area contributed by atoms with Crippen molar-refractivity contribution in [2.75, 3.05) is 39.4 Å². The summed E-state index contributed by atoms with van der Waals surface area (Å²) in [5.74, 6) is -0.599. The monoisotopic (exact) mass is 364 g/mol. The smallest absolute Gasteiger partial charge is 0.254 e. The Morgan fingerprint density at radius 1 is 1.19 bits per heavy atom. The van der Waals surface area contributed by atoms with E-state index in [1.807, 2.05) is 0 Å². The van der Waals surface area contributed by atoms with E-state index in [1.165, 1.54) is 12.1 Å². The average molecular weight is 364 g/mol. The Morgan fingerprint density at radius 3 is 2.65 bits per heavy atom. The van der Waals surface area contributed by atoms with Crippen LogP contribution in [-0.2, 0) is 9.53 Å². The summed E-state index contributed by atoms with van der Waals surface area (Å²) < 4.78 is 24.7. The van der Waals surface area contributed by atoms with Crippen molar-refractivity contribution in [2.24, 2.45) is 0 Å². The van der Waals surface area contributed by atoms with Gasteiger partial charge in [0.1, 0.15) is 6.10 Å². The lowest BCUT2D eigenvalue weighted by molar-refractivity contribution is -0.140. The first-order valence-corrected chi connectivity index (χ1v) is 9.22. The fraction of sp³-hybridized carbons (Fsp3) is 0.579. The number of benzene rings is 1. The molecule has 2 saturated heterocycles. The maximum atomic E-state index is 14.0. The highest BCUT2D eigenvalue weighted by molar-refractivity contribution is 5.94. The highest BCUT2D eigenvalue weighted by atomic mass is 19.1. The van der Waals surface area contributed by atoms with Gasteiger partial charge in [-0.3, -0.25) is 9.59 Å². The zero-order chi connectivity index (χ0) is 18.5. The molecule has 3 rings (SSSR count). The number of hydrogen-bond acceptors (Lipinski definition) is 4. The Balaban J connectivity index is 1.62. The molecule has 0 aromatic heterocycles. The molecule has 0 bridgehead atoms. The molecule has 2 aliphatic heterocycles. The number of halogens is 1. The van der Waals surface area contributed by atoms with Gasteiger partial charge in [-0.25, -0.2) is 4.39 Å². The van der Waals surface area contributed by atoms with Gasteiger partial charge < -0.3 is 19.3 Å². The van der Waals surface area contributed by atoms with Crippen LogP contribution in [0.3, 0.4) is 0 Å². The Morgan fingerprint density at radius 2 is 1.96 bits per heavy atom. The van der Waals surface area contributed by atoms with E-state index < -0.39 is 5.82 Å². The van der Waals surface area contributed by atoms with E-state index in [9.17, 15) is 14.0 Å². The van der Waals surface area contributed by atoms with Gasteiger partial charge in [-0.2, -0.15) is 0 Å². The molecule has 6 nitrogen and oxygen atoms in total. The molecule has 0 radical (unpaired) electrons. The molecule has 2 fully saturated rings. The zero-order valence-corrected chi connectivity index (χ0v) is 15.1. The second-order valence-electron chi connectivity index (χ2n) is 6.55. The number of carbonyl (C=O) groups is 2. The van der Waals surface area contributed by atoms with E-state index in [2.05, 4.69) is 0 Å². The van der Waals surface area contributed by atoms with Crippen molar-refractivity contribution < 1.29 is 23.5 Å². The van der Waals surface area contributed by atoms with Gasteiger partial charge in [-0.05, 0) is 44.4 Å². The van der Waals surface area contributed by atoms with Gasteiger partial charge in [-0.15, -0.1) is 0 Å². The van der Waals surface area contributed by atoms with Crippen molar-refractivity contribution in [1.82, 2.24) is 9.80 Å². The predicted molar refractivity (Wildman–Crippen MR) is 93.6 cm³/mol. The van der Waals surface area contributed by atoms with Crippen molar-refractivity contribution in [3.05, 3.63) is 29.6 Å². The molecule has 1 aromatic rings. The minimum absolute atomic E-state index is 0.0175. The molecule has 2 aliphatic rings. The number of amides is 2. The molecule has 0 aliphatic carbocycles. The summed E-state index contributed by atoms with van der Waals surface area (Å²) in [5.41, 5.74) is 0.296. The standard InChI is InChI=1S/C19H25FN2O4/c1-2-25-16-7-6-14(13-15(16)20)18(23)21-8-4-9-22(11-10-21)19(24)17-5-3-12-26-17/h6-7,13,17H,2-5,8-12H2,1H3. The van der Waals surface area contributed by atoms with Gasteiger partial charge in [0.05, 0.1) is 6.61 Å². The molecule has 1 unspecified atom stereocenters. The molecule has 7 heteroatoms. The average Bonchev–Trinajstić information content (AvgIpc) is 3.07.